The third-order valence-corrected chi connectivity index (χ3v) is 3.55. The summed E-state index contributed by atoms with van der Waals surface area (Å²) >= 11 is 2.30. The molecular weight excluding hydrogens is 287 g/mol. The van der Waals surface area contributed by atoms with E-state index in [0.717, 1.165) is 25.7 Å². The molecule has 0 radical (unpaired) electrons. The van der Waals surface area contributed by atoms with Crippen LogP contribution in [0.15, 0.2) is 24.3 Å². The molecule has 1 aliphatic carbocycles. The minimum atomic E-state index is 0.301. The van der Waals surface area contributed by atoms with E-state index in [1.165, 1.54) is 9.13 Å². The zero-order valence-electron chi connectivity index (χ0n) is 8.00. The molecule has 1 fully saturated rings. The van der Waals surface area contributed by atoms with Crippen LogP contribution in [0.2, 0.25) is 0 Å². The van der Waals surface area contributed by atoms with Crippen molar-refractivity contribution in [2.24, 2.45) is 5.92 Å². The maximum absolute atomic E-state index is 11.4. The molecule has 0 spiro atoms. The fraction of sp³-hybridized carbons (Fsp3) is 0.417. The summed E-state index contributed by atoms with van der Waals surface area (Å²) in [5.41, 5.74) is 1.30. The largest absolute Gasteiger partial charge is 0.299 e. The van der Waals surface area contributed by atoms with Crippen LogP contribution in [-0.2, 0) is 11.2 Å². The smallest absolute Gasteiger partial charge is 0.136 e. The van der Waals surface area contributed by atoms with Crippen molar-refractivity contribution in [2.45, 2.75) is 25.7 Å². The second-order valence-corrected chi connectivity index (χ2v) is 5.13. The van der Waals surface area contributed by atoms with Crippen LogP contribution in [0.1, 0.15) is 24.8 Å². The number of ketones is 1. The van der Waals surface area contributed by atoms with Gasteiger partial charge in [-0.25, -0.2) is 0 Å². The number of hydrogen-bond donors (Lipinski definition) is 0. The van der Waals surface area contributed by atoms with E-state index < -0.39 is 0 Å². The molecule has 1 aromatic carbocycles. The molecule has 14 heavy (non-hydrogen) atoms. The lowest BCUT2D eigenvalue weighted by Gasteiger charge is -2.07. The van der Waals surface area contributed by atoms with Gasteiger partial charge in [-0.2, -0.15) is 0 Å². The predicted octanol–water partition coefficient (Wildman–Crippen LogP) is 3.20. The number of benzene rings is 1. The highest BCUT2D eigenvalue weighted by Crippen LogP contribution is 2.25. The van der Waals surface area contributed by atoms with Gasteiger partial charge in [0.25, 0.3) is 0 Å². The standard InChI is InChI=1S/C12H13IO/c13-11-6-4-9(5-7-11)8-10-2-1-3-12(10)14/h4-7,10H,1-3,8H2/t10-/m1/s1. The first kappa shape index (κ1) is 10.1. The minimum absolute atomic E-state index is 0.301. The Morgan fingerprint density at radius 1 is 1.29 bits per heavy atom. The fourth-order valence-electron chi connectivity index (χ4n) is 2.01. The lowest BCUT2D eigenvalue weighted by atomic mass is 9.97. The van der Waals surface area contributed by atoms with Crippen LogP contribution in [0, 0.1) is 9.49 Å². The zero-order valence-corrected chi connectivity index (χ0v) is 10.2. The molecule has 1 saturated carbocycles. The lowest BCUT2D eigenvalue weighted by Crippen LogP contribution is -2.09. The molecule has 0 amide bonds. The van der Waals surface area contributed by atoms with Gasteiger partial charge in [-0.15, -0.1) is 0 Å². The molecule has 1 atom stereocenters. The molecule has 0 aliphatic heterocycles. The summed E-state index contributed by atoms with van der Waals surface area (Å²) < 4.78 is 1.25. The van der Waals surface area contributed by atoms with E-state index in [1.54, 1.807) is 0 Å². The molecule has 0 N–H and O–H groups in total. The van der Waals surface area contributed by atoms with Gasteiger partial charge in [-0.05, 0) is 59.5 Å². The fourth-order valence-corrected chi connectivity index (χ4v) is 2.37. The van der Waals surface area contributed by atoms with Gasteiger partial charge >= 0.3 is 0 Å². The van der Waals surface area contributed by atoms with E-state index in [-0.39, 0.29) is 0 Å². The van der Waals surface area contributed by atoms with Crippen LogP contribution in [0.5, 0.6) is 0 Å². The molecule has 74 valence electrons. The number of halogens is 1. The van der Waals surface area contributed by atoms with Crippen molar-refractivity contribution in [2.75, 3.05) is 0 Å². The van der Waals surface area contributed by atoms with Crippen molar-refractivity contribution in [1.82, 2.24) is 0 Å². The third kappa shape index (κ3) is 2.35. The van der Waals surface area contributed by atoms with Gasteiger partial charge in [0, 0.05) is 15.9 Å². The Kier molecular flexibility index (Phi) is 3.21. The summed E-state index contributed by atoms with van der Waals surface area (Å²) in [6.07, 6.45) is 3.92. The van der Waals surface area contributed by atoms with Gasteiger partial charge < -0.3 is 0 Å². The van der Waals surface area contributed by atoms with Crippen molar-refractivity contribution >= 4 is 28.4 Å². The number of Topliss-reactive ketones (excluding diaryl/α,β-unsaturated/α-hetero) is 1. The monoisotopic (exact) mass is 300 g/mol. The number of hydrogen-bond acceptors (Lipinski definition) is 1. The van der Waals surface area contributed by atoms with Crippen LogP contribution in [0.3, 0.4) is 0 Å². The van der Waals surface area contributed by atoms with Crippen molar-refractivity contribution in [3.05, 3.63) is 33.4 Å². The number of rotatable bonds is 2. The van der Waals surface area contributed by atoms with Gasteiger partial charge in [0.05, 0.1) is 0 Å². The second kappa shape index (κ2) is 4.43. The van der Waals surface area contributed by atoms with Gasteiger partial charge in [0.1, 0.15) is 5.78 Å². The maximum atomic E-state index is 11.4. The number of carbonyl (C=O) groups is 1. The maximum Gasteiger partial charge on any atom is 0.136 e. The highest BCUT2D eigenvalue weighted by Gasteiger charge is 2.24. The Hall–Kier alpha value is -0.380. The molecule has 0 aromatic heterocycles. The van der Waals surface area contributed by atoms with Crippen LogP contribution in [0.25, 0.3) is 0 Å². The van der Waals surface area contributed by atoms with Gasteiger partial charge in [0.2, 0.25) is 0 Å². The first-order chi connectivity index (χ1) is 6.75. The van der Waals surface area contributed by atoms with E-state index in [1.807, 2.05) is 0 Å². The second-order valence-electron chi connectivity index (χ2n) is 3.89. The summed E-state index contributed by atoms with van der Waals surface area (Å²) in [6, 6.07) is 8.48. The average molecular weight is 300 g/mol. The van der Waals surface area contributed by atoms with Crippen LogP contribution in [0.4, 0.5) is 0 Å². The summed E-state index contributed by atoms with van der Waals surface area (Å²) in [6.45, 7) is 0. The quantitative estimate of drug-likeness (QED) is 0.767. The Morgan fingerprint density at radius 2 is 2.00 bits per heavy atom. The molecule has 0 bridgehead atoms. The molecule has 1 aliphatic rings. The lowest BCUT2D eigenvalue weighted by molar-refractivity contribution is -0.120. The van der Waals surface area contributed by atoms with Gasteiger partial charge in [-0.3, -0.25) is 4.79 Å². The van der Waals surface area contributed by atoms with E-state index in [9.17, 15) is 4.79 Å². The van der Waals surface area contributed by atoms with Crippen molar-refractivity contribution < 1.29 is 4.79 Å². The van der Waals surface area contributed by atoms with Crippen molar-refractivity contribution in [3.8, 4) is 0 Å². The molecule has 1 nitrogen and oxygen atoms in total. The van der Waals surface area contributed by atoms with Crippen LogP contribution in [-0.4, -0.2) is 5.78 Å². The SMILES string of the molecule is O=C1CCC[C@@H]1Cc1ccc(I)cc1. The summed E-state index contributed by atoms with van der Waals surface area (Å²) in [5, 5.41) is 0. The summed E-state index contributed by atoms with van der Waals surface area (Å²) in [4.78, 5) is 11.4. The van der Waals surface area contributed by atoms with Crippen LogP contribution < -0.4 is 0 Å². The molecule has 2 heteroatoms. The van der Waals surface area contributed by atoms with Crippen molar-refractivity contribution in [3.63, 3.8) is 0 Å². The number of carbonyl (C=O) groups excluding carboxylic acids is 1. The molecule has 0 saturated heterocycles. The molecule has 2 rings (SSSR count). The van der Waals surface area contributed by atoms with E-state index in [4.69, 9.17) is 0 Å². The summed E-state index contributed by atoms with van der Waals surface area (Å²) in [7, 11) is 0. The zero-order chi connectivity index (χ0) is 9.97. The van der Waals surface area contributed by atoms with E-state index in [2.05, 4.69) is 46.9 Å². The minimum Gasteiger partial charge on any atom is -0.299 e. The Balaban J connectivity index is 2.03. The first-order valence-corrected chi connectivity index (χ1v) is 6.11. The van der Waals surface area contributed by atoms with Crippen molar-refractivity contribution in [1.29, 1.82) is 0 Å². The van der Waals surface area contributed by atoms with Gasteiger partial charge in [-0.1, -0.05) is 12.1 Å². The first-order valence-electron chi connectivity index (χ1n) is 5.03. The highest BCUT2D eigenvalue weighted by molar-refractivity contribution is 14.1. The van der Waals surface area contributed by atoms with E-state index >= 15 is 0 Å². The third-order valence-electron chi connectivity index (χ3n) is 2.83. The van der Waals surface area contributed by atoms with E-state index in [0.29, 0.717) is 11.7 Å². The highest BCUT2D eigenvalue weighted by atomic mass is 127. The average Bonchev–Trinajstić information content (AvgIpc) is 2.56. The topological polar surface area (TPSA) is 17.1 Å². The normalized spacial score (nSPS) is 21.5. The Bertz CT molecular complexity index is 329. The van der Waals surface area contributed by atoms with Crippen LogP contribution >= 0.6 is 22.6 Å². The molecule has 0 heterocycles. The summed E-state index contributed by atoms with van der Waals surface area (Å²) in [5.74, 6) is 0.763. The Labute approximate surface area is 98.0 Å². The Morgan fingerprint density at radius 3 is 2.57 bits per heavy atom. The molecule has 0 unspecified atom stereocenters. The predicted molar refractivity (Wildman–Crippen MR) is 65.2 cm³/mol. The molecule has 1 aromatic rings. The van der Waals surface area contributed by atoms with Gasteiger partial charge in [0.15, 0.2) is 0 Å². The molecular formula is C12H13IO.